The van der Waals surface area contributed by atoms with Crippen LogP contribution < -0.4 is 10.6 Å². The van der Waals surface area contributed by atoms with Gasteiger partial charge in [0, 0.05) is 6.04 Å². The largest absolute Gasteiger partial charge is 0.352 e. The van der Waals surface area contributed by atoms with Crippen molar-refractivity contribution in [3.8, 4) is 0 Å². The Morgan fingerprint density at radius 2 is 1.93 bits per heavy atom. The smallest absolute Gasteiger partial charge is 0.239 e. The molecular weight excluding hydrogens is 188 g/mol. The van der Waals surface area contributed by atoms with E-state index >= 15 is 0 Å². The van der Waals surface area contributed by atoms with Gasteiger partial charge in [-0.15, -0.1) is 0 Å². The third-order valence-electron chi connectivity index (χ3n) is 2.81. The van der Waals surface area contributed by atoms with Crippen molar-refractivity contribution in [1.29, 1.82) is 0 Å². The van der Waals surface area contributed by atoms with E-state index in [4.69, 9.17) is 0 Å². The molecular formula is C12H26N2O. The second-order valence-electron chi connectivity index (χ2n) is 4.75. The third kappa shape index (κ3) is 5.78. The molecule has 0 spiro atoms. The Labute approximate surface area is 94.0 Å². The van der Waals surface area contributed by atoms with Gasteiger partial charge in [0.2, 0.25) is 5.91 Å². The summed E-state index contributed by atoms with van der Waals surface area (Å²) < 4.78 is 0. The molecule has 1 amide bonds. The van der Waals surface area contributed by atoms with Crippen LogP contribution in [0.2, 0.25) is 0 Å². The summed E-state index contributed by atoms with van der Waals surface area (Å²) in [5.74, 6) is 0.0778. The predicted molar refractivity (Wildman–Crippen MR) is 64.9 cm³/mol. The van der Waals surface area contributed by atoms with E-state index in [0.29, 0.717) is 0 Å². The average molecular weight is 214 g/mol. The quantitative estimate of drug-likeness (QED) is 0.637. The van der Waals surface area contributed by atoms with Crippen LogP contribution >= 0.6 is 0 Å². The fraction of sp³-hybridized carbons (Fsp3) is 0.917. The Kier molecular flexibility index (Phi) is 6.57. The molecule has 0 heterocycles. The highest BCUT2D eigenvalue weighted by Gasteiger charge is 2.25. The molecule has 3 heteroatoms. The van der Waals surface area contributed by atoms with Gasteiger partial charge in [-0.05, 0) is 34.2 Å². The predicted octanol–water partition coefficient (Wildman–Crippen LogP) is 2.07. The molecule has 0 aromatic carbocycles. The van der Waals surface area contributed by atoms with E-state index < -0.39 is 5.54 Å². The number of hydrogen-bond donors (Lipinski definition) is 2. The van der Waals surface area contributed by atoms with Crippen LogP contribution in [0.4, 0.5) is 0 Å². The lowest BCUT2D eigenvalue weighted by molar-refractivity contribution is -0.126. The molecule has 0 rings (SSSR count). The second kappa shape index (κ2) is 6.83. The van der Waals surface area contributed by atoms with Crippen molar-refractivity contribution in [3.05, 3.63) is 0 Å². The number of carbonyl (C=O) groups excluding carboxylic acids is 1. The zero-order valence-electron chi connectivity index (χ0n) is 10.8. The first-order valence-electron chi connectivity index (χ1n) is 5.94. The molecule has 0 saturated heterocycles. The summed E-state index contributed by atoms with van der Waals surface area (Å²) in [6.45, 7) is 8.04. The molecule has 2 N–H and O–H groups in total. The molecule has 0 aliphatic rings. The van der Waals surface area contributed by atoms with Crippen LogP contribution in [0.15, 0.2) is 0 Å². The van der Waals surface area contributed by atoms with Crippen LogP contribution in [0.5, 0.6) is 0 Å². The summed E-state index contributed by atoms with van der Waals surface area (Å²) in [4.78, 5) is 11.8. The topological polar surface area (TPSA) is 41.1 Å². The van der Waals surface area contributed by atoms with Gasteiger partial charge in [0.15, 0.2) is 0 Å². The maximum atomic E-state index is 11.8. The van der Waals surface area contributed by atoms with E-state index in [0.717, 1.165) is 6.42 Å². The molecule has 1 atom stereocenters. The zero-order chi connectivity index (χ0) is 11.9. The Balaban J connectivity index is 3.86. The molecule has 3 nitrogen and oxygen atoms in total. The van der Waals surface area contributed by atoms with Crippen molar-refractivity contribution >= 4 is 5.91 Å². The van der Waals surface area contributed by atoms with Crippen LogP contribution in [0.3, 0.4) is 0 Å². The van der Waals surface area contributed by atoms with Gasteiger partial charge in [-0.25, -0.2) is 0 Å². The third-order valence-corrected chi connectivity index (χ3v) is 2.81. The van der Waals surface area contributed by atoms with Gasteiger partial charge < -0.3 is 10.6 Å². The van der Waals surface area contributed by atoms with Gasteiger partial charge in [-0.3, -0.25) is 4.79 Å². The number of rotatable bonds is 7. The van der Waals surface area contributed by atoms with Crippen molar-refractivity contribution in [3.63, 3.8) is 0 Å². The van der Waals surface area contributed by atoms with E-state index in [1.807, 2.05) is 13.8 Å². The molecule has 1 unspecified atom stereocenters. The normalized spacial score (nSPS) is 13.7. The first-order valence-corrected chi connectivity index (χ1v) is 5.94. The van der Waals surface area contributed by atoms with Gasteiger partial charge >= 0.3 is 0 Å². The number of carbonyl (C=O) groups is 1. The molecule has 0 aromatic heterocycles. The maximum absolute atomic E-state index is 11.8. The van der Waals surface area contributed by atoms with Crippen LogP contribution in [-0.2, 0) is 4.79 Å². The summed E-state index contributed by atoms with van der Waals surface area (Å²) >= 11 is 0. The Bertz CT molecular complexity index is 190. The minimum Gasteiger partial charge on any atom is -0.352 e. The highest BCUT2D eigenvalue weighted by Crippen LogP contribution is 2.06. The Hall–Kier alpha value is -0.570. The lowest BCUT2D eigenvalue weighted by Gasteiger charge is -2.25. The van der Waals surface area contributed by atoms with E-state index in [2.05, 4.69) is 24.5 Å². The summed E-state index contributed by atoms with van der Waals surface area (Å²) in [6.07, 6.45) is 4.73. The highest BCUT2D eigenvalue weighted by atomic mass is 16.2. The van der Waals surface area contributed by atoms with Crippen molar-refractivity contribution in [2.24, 2.45) is 0 Å². The molecule has 0 aliphatic carbocycles. The van der Waals surface area contributed by atoms with Gasteiger partial charge in [0.05, 0.1) is 5.54 Å². The summed E-state index contributed by atoms with van der Waals surface area (Å²) in [6, 6.07) is 0.275. The molecule has 0 saturated carbocycles. The van der Waals surface area contributed by atoms with E-state index in [-0.39, 0.29) is 11.9 Å². The van der Waals surface area contributed by atoms with Gasteiger partial charge in [0.25, 0.3) is 0 Å². The summed E-state index contributed by atoms with van der Waals surface area (Å²) in [5, 5.41) is 6.03. The fourth-order valence-corrected chi connectivity index (χ4v) is 1.29. The van der Waals surface area contributed by atoms with Crippen molar-refractivity contribution in [1.82, 2.24) is 10.6 Å². The van der Waals surface area contributed by atoms with Gasteiger partial charge in [0.1, 0.15) is 0 Å². The van der Waals surface area contributed by atoms with Gasteiger partial charge in [-0.1, -0.05) is 26.2 Å². The fourth-order valence-electron chi connectivity index (χ4n) is 1.29. The van der Waals surface area contributed by atoms with Crippen LogP contribution in [0.25, 0.3) is 0 Å². The molecule has 0 aromatic rings. The molecule has 15 heavy (non-hydrogen) atoms. The number of likely N-dealkylation sites (N-methyl/N-ethyl adjacent to an activating group) is 1. The van der Waals surface area contributed by atoms with Crippen LogP contribution in [-0.4, -0.2) is 24.5 Å². The number of amides is 1. The van der Waals surface area contributed by atoms with E-state index in [1.165, 1.54) is 19.3 Å². The average Bonchev–Trinajstić information content (AvgIpc) is 2.18. The van der Waals surface area contributed by atoms with Crippen molar-refractivity contribution in [2.45, 2.75) is 65.0 Å². The Morgan fingerprint density at radius 3 is 2.40 bits per heavy atom. The minimum atomic E-state index is -0.473. The monoisotopic (exact) mass is 214 g/mol. The first-order chi connectivity index (χ1) is 6.94. The maximum Gasteiger partial charge on any atom is 0.239 e. The lowest BCUT2D eigenvalue weighted by Crippen LogP contribution is -2.53. The molecule has 0 aliphatic heterocycles. The SMILES string of the molecule is CCCCCC(C)NC(=O)C(C)(C)NC. The standard InChI is InChI=1S/C12H26N2O/c1-6-7-8-9-10(2)14-11(15)12(3,4)13-5/h10,13H,6-9H2,1-5H3,(H,14,15). The van der Waals surface area contributed by atoms with Crippen molar-refractivity contribution in [2.75, 3.05) is 7.05 Å². The highest BCUT2D eigenvalue weighted by molar-refractivity contribution is 5.85. The van der Waals surface area contributed by atoms with E-state index in [1.54, 1.807) is 7.05 Å². The second-order valence-corrected chi connectivity index (χ2v) is 4.75. The zero-order valence-corrected chi connectivity index (χ0v) is 10.8. The van der Waals surface area contributed by atoms with Crippen molar-refractivity contribution < 1.29 is 4.79 Å². The molecule has 0 fully saturated rings. The van der Waals surface area contributed by atoms with Gasteiger partial charge in [-0.2, -0.15) is 0 Å². The Morgan fingerprint density at radius 1 is 1.33 bits per heavy atom. The number of nitrogens with one attached hydrogen (secondary N) is 2. The number of unbranched alkanes of at least 4 members (excludes halogenated alkanes) is 2. The molecule has 0 radical (unpaired) electrons. The van der Waals surface area contributed by atoms with E-state index in [9.17, 15) is 4.79 Å². The summed E-state index contributed by atoms with van der Waals surface area (Å²) in [7, 11) is 1.81. The minimum absolute atomic E-state index is 0.0778. The van der Waals surface area contributed by atoms with Crippen LogP contribution in [0, 0.1) is 0 Å². The lowest BCUT2D eigenvalue weighted by atomic mass is 10.0. The number of hydrogen-bond acceptors (Lipinski definition) is 2. The first kappa shape index (κ1) is 14.4. The molecule has 90 valence electrons. The van der Waals surface area contributed by atoms with Crippen LogP contribution in [0.1, 0.15) is 53.4 Å². The molecule has 0 bridgehead atoms. The summed E-state index contributed by atoms with van der Waals surface area (Å²) in [5.41, 5.74) is -0.473.